The van der Waals surface area contributed by atoms with Crippen LogP contribution in [0.1, 0.15) is 34.3 Å². The lowest BCUT2D eigenvalue weighted by Crippen LogP contribution is -3.08. The molecule has 1 N–H and O–H groups in total. The number of rotatable bonds is 6. The van der Waals surface area contributed by atoms with Gasteiger partial charge in [-0.25, -0.2) is 0 Å². The third-order valence-electron chi connectivity index (χ3n) is 4.66. The van der Waals surface area contributed by atoms with E-state index in [-0.39, 0.29) is 18.2 Å². The van der Waals surface area contributed by atoms with Crippen LogP contribution < -0.4 is 26.8 Å². The number of carbonyl (C=O) groups is 1. The molecule has 0 amide bonds. The number of likely N-dealkylation sites (tertiary alicyclic amines) is 1. The second-order valence-electron chi connectivity index (χ2n) is 6.16. The smallest absolute Gasteiger partial charge is 0.196 e. The maximum atomic E-state index is 12.9. The molecule has 0 aliphatic carbocycles. The first kappa shape index (κ1) is 19.3. The van der Waals surface area contributed by atoms with E-state index in [9.17, 15) is 4.79 Å². The van der Waals surface area contributed by atoms with E-state index in [2.05, 4.69) is 0 Å². The SMILES string of the molecule is COc1ccc(C(=O)c2ccccc2)c(OC)c1C[NH+]1CCCC1.[Cl-]. The Balaban J connectivity index is 0.00000225. The van der Waals surface area contributed by atoms with Gasteiger partial charge in [0.15, 0.2) is 5.78 Å². The van der Waals surface area contributed by atoms with Crippen LogP contribution >= 0.6 is 0 Å². The zero-order valence-corrected chi connectivity index (χ0v) is 15.4. The number of ketones is 1. The molecule has 1 fully saturated rings. The molecule has 1 aliphatic rings. The van der Waals surface area contributed by atoms with Crippen molar-refractivity contribution in [2.75, 3.05) is 27.3 Å². The summed E-state index contributed by atoms with van der Waals surface area (Å²) in [6.07, 6.45) is 2.51. The number of halogens is 1. The molecule has 1 heterocycles. The normalized spacial score (nSPS) is 14.0. The molecule has 3 rings (SSSR count). The Morgan fingerprint density at radius 2 is 1.68 bits per heavy atom. The molecule has 134 valence electrons. The number of ether oxygens (including phenoxy) is 2. The fourth-order valence-corrected chi connectivity index (χ4v) is 3.43. The summed E-state index contributed by atoms with van der Waals surface area (Å²) in [4.78, 5) is 14.4. The third-order valence-corrected chi connectivity index (χ3v) is 4.66. The number of carbonyl (C=O) groups excluding carboxylic acids is 1. The van der Waals surface area contributed by atoms with Crippen molar-refractivity contribution in [3.63, 3.8) is 0 Å². The molecule has 0 spiro atoms. The van der Waals surface area contributed by atoms with Crippen LogP contribution in [0.25, 0.3) is 0 Å². The van der Waals surface area contributed by atoms with Gasteiger partial charge in [0.2, 0.25) is 0 Å². The molecule has 0 bridgehead atoms. The Hall–Kier alpha value is -2.04. The molecule has 0 radical (unpaired) electrons. The summed E-state index contributed by atoms with van der Waals surface area (Å²) in [5.74, 6) is 1.41. The minimum Gasteiger partial charge on any atom is -1.00 e. The van der Waals surface area contributed by atoms with E-state index < -0.39 is 0 Å². The molecule has 5 heteroatoms. The maximum absolute atomic E-state index is 12.9. The Kier molecular flexibility index (Phi) is 6.85. The average molecular weight is 362 g/mol. The highest BCUT2D eigenvalue weighted by Crippen LogP contribution is 2.33. The molecule has 2 aromatic carbocycles. The summed E-state index contributed by atoms with van der Waals surface area (Å²) in [7, 11) is 3.29. The summed E-state index contributed by atoms with van der Waals surface area (Å²) in [6, 6.07) is 13.0. The van der Waals surface area contributed by atoms with Crippen LogP contribution in [-0.4, -0.2) is 33.1 Å². The summed E-state index contributed by atoms with van der Waals surface area (Å²) < 4.78 is 11.2. The van der Waals surface area contributed by atoms with Crippen LogP contribution in [0.3, 0.4) is 0 Å². The lowest BCUT2D eigenvalue weighted by Gasteiger charge is -2.19. The topological polar surface area (TPSA) is 40.0 Å². The van der Waals surface area contributed by atoms with Gasteiger partial charge in [0.05, 0.1) is 38.4 Å². The fourth-order valence-electron chi connectivity index (χ4n) is 3.43. The van der Waals surface area contributed by atoms with E-state index in [0.29, 0.717) is 16.9 Å². The lowest BCUT2D eigenvalue weighted by atomic mass is 9.99. The first-order chi connectivity index (χ1) is 11.7. The molecular weight excluding hydrogens is 338 g/mol. The van der Waals surface area contributed by atoms with Crippen molar-refractivity contribution in [3.8, 4) is 11.5 Å². The van der Waals surface area contributed by atoms with Crippen LogP contribution in [0.2, 0.25) is 0 Å². The van der Waals surface area contributed by atoms with Gasteiger partial charge in [0.1, 0.15) is 18.0 Å². The standard InChI is InChI=1S/C20H23NO3.ClH/c1-23-18-11-10-16(19(22)15-8-4-3-5-9-15)20(24-2)17(18)14-21-12-6-7-13-21;/h3-5,8-11H,6-7,12-14H2,1-2H3;1H. The van der Waals surface area contributed by atoms with E-state index in [1.807, 2.05) is 36.4 Å². The van der Waals surface area contributed by atoms with E-state index >= 15 is 0 Å². The molecule has 2 aromatic rings. The van der Waals surface area contributed by atoms with Crippen molar-refractivity contribution < 1.29 is 31.6 Å². The number of methoxy groups -OCH3 is 2. The van der Waals surface area contributed by atoms with Crippen molar-refractivity contribution in [2.24, 2.45) is 0 Å². The number of hydrogen-bond donors (Lipinski definition) is 1. The van der Waals surface area contributed by atoms with Crippen LogP contribution in [0.15, 0.2) is 42.5 Å². The van der Waals surface area contributed by atoms with Gasteiger partial charge in [-0.1, -0.05) is 30.3 Å². The van der Waals surface area contributed by atoms with Gasteiger partial charge in [0, 0.05) is 18.4 Å². The van der Waals surface area contributed by atoms with Crippen molar-refractivity contribution in [2.45, 2.75) is 19.4 Å². The van der Waals surface area contributed by atoms with E-state index in [0.717, 1.165) is 30.9 Å². The van der Waals surface area contributed by atoms with Gasteiger partial charge in [-0.2, -0.15) is 0 Å². The Morgan fingerprint density at radius 1 is 1.00 bits per heavy atom. The second kappa shape index (κ2) is 8.88. The maximum Gasteiger partial charge on any atom is 0.196 e. The quantitative estimate of drug-likeness (QED) is 0.679. The van der Waals surface area contributed by atoms with Crippen LogP contribution in [-0.2, 0) is 6.54 Å². The zero-order chi connectivity index (χ0) is 16.9. The van der Waals surface area contributed by atoms with Crippen molar-refractivity contribution >= 4 is 5.78 Å². The number of hydrogen-bond acceptors (Lipinski definition) is 3. The van der Waals surface area contributed by atoms with Gasteiger partial charge >= 0.3 is 0 Å². The minimum atomic E-state index is -0.0206. The highest BCUT2D eigenvalue weighted by molar-refractivity contribution is 6.11. The van der Waals surface area contributed by atoms with E-state index in [4.69, 9.17) is 9.47 Å². The average Bonchev–Trinajstić information content (AvgIpc) is 3.14. The largest absolute Gasteiger partial charge is 1.00 e. The first-order valence-corrected chi connectivity index (χ1v) is 8.41. The van der Waals surface area contributed by atoms with Crippen LogP contribution in [0, 0.1) is 0 Å². The number of nitrogens with one attached hydrogen (secondary N) is 1. The molecule has 4 nitrogen and oxygen atoms in total. The fraction of sp³-hybridized carbons (Fsp3) is 0.350. The van der Waals surface area contributed by atoms with E-state index in [1.54, 1.807) is 20.3 Å². The van der Waals surface area contributed by atoms with Crippen molar-refractivity contribution in [1.82, 2.24) is 0 Å². The second-order valence-corrected chi connectivity index (χ2v) is 6.16. The molecule has 0 unspecified atom stereocenters. The summed E-state index contributed by atoms with van der Waals surface area (Å²) in [6.45, 7) is 3.13. The van der Waals surface area contributed by atoms with Crippen molar-refractivity contribution in [3.05, 3.63) is 59.2 Å². The number of quaternary nitrogens is 1. The Bertz CT molecular complexity index is 712. The van der Waals surface area contributed by atoms with Crippen LogP contribution in [0.5, 0.6) is 11.5 Å². The number of benzene rings is 2. The molecule has 0 atom stereocenters. The highest BCUT2D eigenvalue weighted by Gasteiger charge is 2.25. The monoisotopic (exact) mass is 361 g/mol. The van der Waals surface area contributed by atoms with Gasteiger partial charge in [0.25, 0.3) is 0 Å². The molecule has 0 aromatic heterocycles. The zero-order valence-electron chi connectivity index (χ0n) is 14.7. The van der Waals surface area contributed by atoms with E-state index in [1.165, 1.54) is 17.7 Å². The highest BCUT2D eigenvalue weighted by atomic mass is 35.5. The van der Waals surface area contributed by atoms with Crippen LogP contribution in [0.4, 0.5) is 0 Å². The molecule has 25 heavy (non-hydrogen) atoms. The van der Waals surface area contributed by atoms with Crippen molar-refractivity contribution in [1.29, 1.82) is 0 Å². The molecule has 1 aliphatic heterocycles. The Labute approximate surface area is 155 Å². The predicted octanol–water partition coefficient (Wildman–Crippen LogP) is -0.882. The predicted molar refractivity (Wildman–Crippen MR) is 93.1 cm³/mol. The first-order valence-electron chi connectivity index (χ1n) is 8.41. The Morgan fingerprint density at radius 3 is 2.28 bits per heavy atom. The minimum absolute atomic E-state index is 0. The molecular formula is C20H24ClNO3. The molecule has 1 saturated heterocycles. The lowest BCUT2D eigenvalue weighted by molar-refractivity contribution is -0.901. The third kappa shape index (κ3) is 4.14. The van der Waals surface area contributed by atoms with Gasteiger partial charge in [-0.15, -0.1) is 0 Å². The van der Waals surface area contributed by atoms with Gasteiger partial charge in [-0.3, -0.25) is 4.79 Å². The summed E-state index contributed by atoms with van der Waals surface area (Å²) >= 11 is 0. The van der Waals surface area contributed by atoms with Gasteiger partial charge < -0.3 is 26.8 Å². The van der Waals surface area contributed by atoms with Gasteiger partial charge in [-0.05, 0) is 12.1 Å². The summed E-state index contributed by atoms with van der Waals surface area (Å²) in [5.41, 5.74) is 2.25. The summed E-state index contributed by atoms with van der Waals surface area (Å²) in [5, 5.41) is 0. The molecule has 0 saturated carbocycles.